The SMILES string of the molecule is CC1SC[C@@H]2NC(=O)[C@@H](C(C)C)CC(=O)C[C@H](/C=C/CCS)OC(=O)[C@H](C(C)C)NC(=O)C1CC2=O. The first-order chi connectivity index (χ1) is 16.9. The first kappa shape index (κ1) is 30.4. The normalized spacial score (nSPS) is 31.5. The van der Waals surface area contributed by atoms with Gasteiger partial charge >= 0.3 is 5.97 Å². The van der Waals surface area contributed by atoms with E-state index in [1.807, 2.05) is 20.8 Å². The minimum atomic E-state index is -0.921. The fraction of sp³-hybridized carbons (Fsp3) is 0.731. The van der Waals surface area contributed by atoms with Gasteiger partial charge in [0.05, 0.1) is 12.0 Å². The number of ether oxygens (including phenoxy) is 1. The molecule has 36 heavy (non-hydrogen) atoms. The van der Waals surface area contributed by atoms with Gasteiger partial charge in [-0.2, -0.15) is 24.4 Å². The molecule has 6 atom stereocenters. The number of allylic oxidation sites excluding steroid dienone is 1. The van der Waals surface area contributed by atoms with E-state index in [-0.39, 0.29) is 53.8 Å². The minimum Gasteiger partial charge on any atom is -0.456 e. The summed E-state index contributed by atoms with van der Waals surface area (Å²) in [5, 5.41) is 5.46. The van der Waals surface area contributed by atoms with Gasteiger partial charge < -0.3 is 15.4 Å². The topological polar surface area (TPSA) is 119 Å². The van der Waals surface area contributed by atoms with E-state index in [9.17, 15) is 24.0 Å². The van der Waals surface area contributed by atoms with Crippen molar-refractivity contribution in [3.63, 3.8) is 0 Å². The van der Waals surface area contributed by atoms with Gasteiger partial charge in [0, 0.05) is 36.2 Å². The quantitative estimate of drug-likeness (QED) is 0.279. The van der Waals surface area contributed by atoms with Crippen molar-refractivity contribution in [3.8, 4) is 0 Å². The number of hydrogen-bond donors (Lipinski definition) is 3. The molecule has 202 valence electrons. The molecule has 2 unspecified atom stereocenters. The molecule has 2 rings (SSSR count). The third kappa shape index (κ3) is 8.64. The molecule has 8 nitrogen and oxygen atoms in total. The number of carbonyl (C=O) groups is 5. The number of ketones is 2. The number of hydrogen-bond acceptors (Lipinski definition) is 8. The number of nitrogens with one attached hydrogen (secondary N) is 2. The zero-order valence-electron chi connectivity index (χ0n) is 21.8. The van der Waals surface area contributed by atoms with Crippen LogP contribution in [0.15, 0.2) is 12.2 Å². The van der Waals surface area contributed by atoms with Gasteiger partial charge in [-0.25, -0.2) is 4.79 Å². The summed E-state index contributed by atoms with van der Waals surface area (Å²) in [5.74, 6) is -2.52. The van der Waals surface area contributed by atoms with E-state index in [4.69, 9.17) is 4.74 Å². The summed E-state index contributed by atoms with van der Waals surface area (Å²) in [5.41, 5.74) is 0. The van der Waals surface area contributed by atoms with E-state index in [0.717, 1.165) is 0 Å². The molecule has 2 bridgehead atoms. The number of thioether (sulfide) groups is 1. The van der Waals surface area contributed by atoms with E-state index in [1.54, 1.807) is 26.0 Å². The van der Waals surface area contributed by atoms with E-state index in [0.29, 0.717) is 17.9 Å². The van der Waals surface area contributed by atoms with Gasteiger partial charge in [0.15, 0.2) is 5.78 Å². The van der Waals surface area contributed by atoms with Crippen LogP contribution in [0.25, 0.3) is 0 Å². The molecule has 0 spiro atoms. The number of esters is 1. The Morgan fingerprint density at radius 3 is 2.31 bits per heavy atom. The van der Waals surface area contributed by atoms with Crippen LogP contribution in [0.3, 0.4) is 0 Å². The first-order valence-electron chi connectivity index (χ1n) is 12.7. The van der Waals surface area contributed by atoms with Gasteiger partial charge in [0.2, 0.25) is 11.8 Å². The predicted octanol–water partition coefficient (Wildman–Crippen LogP) is 2.75. The lowest BCUT2D eigenvalue weighted by Gasteiger charge is -2.27. The van der Waals surface area contributed by atoms with Crippen LogP contribution in [0.2, 0.25) is 0 Å². The van der Waals surface area contributed by atoms with Crippen molar-refractivity contribution < 1.29 is 28.7 Å². The highest BCUT2D eigenvalue weighted by Crippen LogP contribution is 2.29. The van der Waals surface area contributed by atoms with E-state index < -0.39 is 41.9 Å². The fourth-order valence-electron chi connectivity index (χ4n) is 4.33. The van der Waals surface area contributed by atoms with Crippen molar-refractivity contribution in [2.24, 2.45) is 23.7 Å². The monoisotopic (exact) mass is 540 g/mol. The molecular weight excluding hydrogens is 500 g/mol. The Morgan fingerprint density at radius 1 is 1.00 bits per heavy atom. The molecule has 2 saturated heterocycles. The lowest BCUT2D eigenvalue weighted by atomic mass is 9.88. The maximum atomic E-state index is 13.2. The molecule has 0 aromatic heterocycles. The lowest BCUT2D eigenvalue weighted by molar-refractivity contribution is -0.153. The maximum absolute atomic E-state index is 13.2. The van der Waals surface area contributed by atoms with Crippen LogP contribution in [-0.4, -0.2) is 64.3 Å². The maximum Gasteiger partial charge on any atom is 0.329 e. The second kappa shape index (κ2) is 14.2. The zero-order chi connectivity index (χ0) is 27.0. The van der Waals surface area contributed by atoms with Crippen LogP contribution >= 0.6 is 24.4 Å². The smallest absolute Gasteiger partial charge is 0.329 e. The Labute approximate surface area is 223 Å². The van der Waals surface area contributed by atoms with Crippen LogP contribution in [0.5, 0.6) is 0 Å². The summed E-state index contributed by atoms with van der Waals surface area (Å²) < 4.78 is 5.71. The molecule has 10 heteroatoms. The number of Topliss-reactive ketones (excluding diaryl/α,β-unsaturated/α-hetero) is 2. The predicted molar refractivity (Wildman–Crippen MR) is 144 cm³/mol. The van der Waals surface area contributed by atoms with Crippen molar-refractivity contribution in [1.82, 2.24) is 10.6 Å². The van der Waals surface area contributed by atoms with E-state index >= 15 is 0 Å². The third-order valence-electron chi connectivity index (χ3n) is 6.71. The number of fused-ring (bicyclic) bond motifs is 3. The van der Waals surface area contributed by atoms with Crippen molar-refractivity contribution in [2.45, 2.75) is 83.7 Å². The Bertz CT molecular complexity index is 859. The summed E-state index contributed by atoms with van der Waals surface area (Å²) in [6.07, 6.45) is 3.16. The molecule has 0 aliphatic carbocycles. The molecule has 2 aliphatic heterocycles. The Balaban J connectivity index is 2.44. The van der Waals surface area contributed by atoms with Crippen LogP contribution in [0.1, 0.15) is 60.3 Å². The van der Waals surface area contributed by atoms with Gasteiger partial charge in [0.1, 0.15) is 17.9 Å². The Kier molecular flexibility index (Phi) is 12.0. The molecule has 0 radical (unpaired) electrons. The number of amides is 2. The first-order valence-corrected chi connectivity index (χ1v) is 14.4. The highest BCUT2D eigenvalue weighted by molar-refractivity contribution is 8.00. The van der Waals surface area contributed by atoms with Gasteiger partial charge in [-0.1, -0.05) is 40.7 Å². The van der Waals surface area contributed by atoms with Crippen molar-refractivity contribution >= 4 is 53.7 Å². The van der Waals surface area contributed by atoms with Crippen LogP contribution < -0.4 is 10.6 Å². The average Bonchev–Trinajstić information content (AvgIpc) is 2.93. The standard InChI is InChI=1S/C26H40N2O6S2/c1-14(2)19-11-17(29)10-18(8-6-7-9-35)34-26(33)23(15(3)4)28-25(32)20-12-22(30)21(27-24(19)31)13-36-16(20)5/h6,8,14-16,18-21,23,35H,7,9-13H2,1-5H3,(H,27,31)(H,28,32)/b8-6+/t16?,18-,19+,20?,21-,23-/m0/s1. The van der Waals surface area contributed by atoms with Crippen LogP contribution in [0, 0.1) is 23.7 Å². The molecule has 0 aromatic rings. The second-order valence-corrected chi connectivity index (χ2v) is 12.2. The summed E-state index contributed by atoms with van der Waals surface area (Å²) in [6.45, 7) is 9.20. The highest BCUT2D eigenvalue weighted by Gasteiger charge is 2.39. The number of thiol groups is 1. The van der Waals surface area contributed by atoms with Crippen molar-refractivity contribution in [1.29, 1.82) is 0 Å². The van der Waals surface area contributed by atoms with E-state index in [1.165, 1.54) is 11.8 Å². The van der Waals surface area contributed by atoms with Gasteiger partial charge in [-0.3, -0.25) is 19.2 Å². The van der Waals surface area contributed by atoms with Gasteiger partial charge in [-0.15, -0.1) is 0 Å². The zero-order valence-corrected chi connectivity index (χ0v) is 23.5. The van der Waals surface area contributed by atoms with Gasteiger partial charge in [0.25, 0.3) is 0 Å². The minimum absolute atomic E-state index is 0.0185. The van der Waals surface area contributed by atoms with Gasteiger partial charge in [-0.05, 0) is 30.1 Å². The Morgan fingerprint density at radius 2 is 1.69 bits per heavy atom. The van der Waals surface area contributed by atoms with E-state index in [2.05, 4.69) is 23.3 Å². The largest absolute Gasteiger partial charge is 0.456 e. The highest BCUT2D eigenvalue weighted by atomic mass is 32.2. The molecule has 2 heterocycles. The molecule has 2 fully saturated rings. The second-order valence-electron chi connectivity index (χ2n) is 10.3. The Hall–Kier alpha value is -1.81. The van der Waals surface area contributed by atoms with Crippen LogP contribution in [0.4, 0.5) is 0 Å². The summed E-state index contributed by atoms with van der Waals surface area (Å²) in [4.78, 5) is 65.6. The fourth-order valence-corrected chi connectivity index (χ4v) is 5.69. The number of rotatable bonds is 5. The summed E-state index contributed by atoms with van der Waals surface area (Å²) in [7, 11) is 0. The molecule has 2 N–H and O–H groups in total. The molecule has 2 aliphatic rings. The molecular formula is C26H40N2O6S2. The number of carbonyl (C=O) groups excluding carboxylic acids is 5. The van der Waals surface area contributed by atoms with Crippen LogP contribution in [-0.2, 0) is 28.7 Å². The molecule has 0 saturated carbocycles. The lowest BCUT2D eigenvalue weighted by Crippen LogP contribution is -2.50. The molecule has 0 aromatic carbocycles. The van der Waals surface area contributed by atoms with Crippen molar-refractivity contribution in [3.05, 3.63) is 12.2 Å². The summed E-state index contributed by atoms with van der Waals surface area (Å²) >= 11 is 5.63. The third-order valence-corrected chi connectivity index (χ3v) is 8.34. The van der Waals surface area contributed by atoms with Crippen molar-refractivity contribution in [2.75, 3.05) is 11.5 Å². The molecule has 2 amide bonds. The average molecular weight is 541 g/mol. The number of cyclic esters (lactones) is 1. The summed E-state index contributed by atoms with van der Waals surface area (Å²) in [6, 6.07) is -1.65.